The smallest absolute Gasteiger partial charge is 0.146 e. The van der Waals surface area contributed by atoms with E-state index in [-0.39, 0.29) is 11.7 Å². The maximum absolute atomic E-state index is 12.7. The lowest BCUT2D eigenvalue weighted by molar-refractivity contribution is -0.131. The van der Waals surface area contributed by atoms with Crippen LogP contribution in [0.2, 0.25) is 0 Å². The van der Waals surface area contributed by atoms with Gasteiger partial charge in [-0.2, -0.15) is 0 Å². The second-order valence-corrected chi connectivity index (χ2v) is 6.87. The molecule has 2 aromatic carbocycles. The fourth-order valence-electron chi connectivity index (χ4n) is 3.60. The van der Waals surface area contributed by atoms with Gasteiger partial charge in [0.25, 0.3) is 0 Å². The third-order valence-electron chi connectivity index (χ3n) is 5.07. The van der Waals surface area contributed by atoms with E-state index in [4.69, 9.17) is 0 Å². The van der Waals surface area contributed by atoms with Gasteiger partial charge in [0.1, 0.15) is 12.1 Å². The highest BCUT2D eigenvalue weighted by molar-refractivity contribution is 5.95. The van der Waals surface area contributed by atoms with Gasteiger partial charge in [0, 0.05) is 12.5 Å². The van der Waals surface area contributed by atoms with Crippen molar-refractivity contribution in [1.29, 1.82) is 0 Å². The van der Waals surface area contributed by atoms with Crippen LogP contribution in [0, 0.1) is 11.8 Å². The van der Waals surface area contributed by atoms with Gasteiger partial charge in [0.05, 0.1) is 5.92 Å². The number of ketones is 1. The molecule has 1 fully saturated rings. The van der Waals surface area contributed by atoms with Crippen molar-refractivity contribution in [3.63, 3.8) is 0 Å². The van der Waals surface area contributed by atoms with Gasteiger partial charge in [0.2, 0.25) is 0 Å². The average Bonchev–Trinajstić information content (AvgIpc) is 2.68. The van der Waals surface area contributed by atoms with E-state index in [1.807, 2.05) is 36.4 Å². The van der Waals surface area contributed by atoms with E-state index >= 15 is 0 Å². The molecule has 1 atom stereocenters. The minimum atomic E-state index is -0.506. The van der Waals surface area contributed by atoms with Gasteiger partial charge in [-0.3, -0.25) is 9.69 Å². The second kappa shape index (κ2) is 8.72. The molecule has 0 spiro atoms. The van der Waals surface area contributed by atoms with Crippen LogP contribution in [0.3, 0.4) is 0 Å². The molecule has 0 bridgehead atoms. The lowest BCUT2D eigenvalue weighted by atomic mass is 9.83. The van der Waals surface area contributed by atoms with Crippen molar-refractivity contribution >= 4 is 12.1 Å². The van der Waals surface area contributed by atoms with Crippen LogP contribution >= 0.6 is 0 Å². The number of hydrogen-bond acceptors (Lipinski definition) is 3. The van der Waals surface area contributed by atoms with Crippen LogP contribution in [0.1, 0.15) is 24.0 Å². The van der Waals surface area contributed by atoms with Crippen molar-refractivity contribution in [3.8, 4) is 0 Å². The highest BCUT2D eigenvalue weighted by Crippen LogP contribution is 2.23. The number of piperidine rings is 1. The summed E-state index contributed by atoms with van der Waals surface area (Å²) in [6.45, 7) is 2.77. The average molecular weight is 335 g/mol. The molecule has 130 valence electrons. The molecule has 1 aliphatic rings. The number of nitrogens with zero attached hydrogens (tertiary/aromatic N) is 1. The van der Waals surface area contributed by atoms with Crippen LogP contribution in [-0.4, -0.2) is 30.1 Å². The molecule has 25 heavy (non-hydrogen) atoms. The van der Waals surface area contributed by atoms with E-state index in [1.54, 1.807) is 0 Å². The normalized spacial score (nSPS) is 17.1. The van der Waals surface area contributed by atoms with E-state index in [0.717, 1.165) is 44.3 Å². The van der Waals surface area contributed by atoms with E-state index < -0.39 is 5.92 Å². The molecule has 0 aliphatic carbocycles. The van der Waals surface area contributed by atoms with Crippen LogP contribution in [-0.2, 0) is 22.6 Å². The zero-order chi connectivity index (χ0) is 17.5. The minimum absolute atomic E-state index is 0.0194. The van der Waals surface area contributed by atoms with Crippen LogP contribution in [0.5, 0.6) is 0 Å². The summed E-state index contributed by atoms with van der Waals surface area (Å²) < 4.78 is 0. The summed E-state index contributed by atoms with van der Waals surface area (Å²) >= 11 is 0. The first kappa shape index (κ1) is 17.6. The standard InChI is InChI=1S/C22H25NO2/c24-17-21(15-18-7-3-1-4-8-18)22(25)20-11-13-23(14-12-20)16-19-9-5-2-6-10-19/h1-10,17,20-21H,11-16H2. The Hall–Kier alpha value is -2.26. The van der Waals surface area contributed by atoms with E-state index in [2.05, 4.69) is 29.2 Å². The van der Waals surface area contributed by atoms with Gasteiger partial charge in [-0.15, -0.1) is 0 Å². The summed E-state index contributed by atoms with van der Waals surface area (Å²) in [5.74, 6) is -0.364. The van der Waals surface area contributed by atoms with Crippen molar-refractivity contribution in [2.45, 2.75) is 25.8 Å². The molecule has 0 N–H and O–H groups in total. The number of likely N-dealkylation sites (tertiary alicyclic amines) is 1. The molecule has 3 rings (SSSR count). The molecule has 1 aliphatic heterocycles. The monoisotopic (exact) mass is 335 g/mol. The summed E-state index contributed by atoms with van der Waals surface area (Å²) in [6.07, 6.45) is 3.06. The highest BCUT2D eigenvalue weighted by atomic mass is 16.1. The Morgan fingerprint density at radius 1 is 0.960 bits per heavy atom. The summed E-state index contributed by atoms with van der Waals surface area (Å²) in [6, 6.07) is 20.2. The second-order valence-electron chi connectivity index (χ2n) is 6.87. The number of carbonyl (C=O) groups excluding carboxylic acids is 2. The first-order valence-electron chi connectivity index (χ1n) is 9.05. The Labute approximate surface area is 149 Å². The van der Waals surface area contributed by atoms with Gasteiger partial charge in [-0.25, -0.2) is 0 Å². The van der Waals surface area contributed by atoms with Crippen molar-refractivity contribution in [3.05, 3.63) is 71.8 Å². The molecule has 2 aromatic rings. The lowest BCUT2D eigenvalue weighted by Crippen LogP contribution is -2.38. The first-order valence-corrected chi connectivity index (χ1v) is 9.05. The maximum atomic E-state index is 12.7. The lowest BCUT2D eigenvalue weighted by Gasteiger charge is -2.32. The van der Waals surface area contributed by atoms with Crippen molar-refractivity contribution in [2.75, 3.05) is 13.1 Å². The van der Waals surface area contributed by atoms with Crippen molar-refractivity contribution < 1.29 is 9.59 Å². The van der Waals surface area contributed by atoms with Crippen molar-refractivity contribution in [2.24, 2.45) is 11.8 Å². The van der Waals surface area contributed by atoms with E-state index in [9.17, 15) is 9.59 Å². The molecule has 0 amide bonds. The minimum Gasteiger partial charge on any atom is -0.303 e. The molecule has 1 saturated heterocycles. The fourth-order valence-corrected chi connectivity index (χ4v) is 3.60. The Kier molecular flexibility index (Phi) is 6.13. The molecule has 1 heterocycles. The van der Waals surface area contributed by atoms with E-state index in [1.165, 1.54) is 5.56 Å². The third-order valence-corrected chi connectivity index (χ3v) is 5.07. The number of hydrogen-bond donors (Lipinski definition) is 0. The number of aldehydes is 1. The molecule has 1 unspecified atom stereocenters. The molecule has 3 heteroatoms. The topological polar surface area (TPSA) is 37.4 Å². The van der Waals surface area contributed by atoms with Crippen LogP contribution < -0.4 is 0 Å². The Balaban J connectivity index is 1.52. The summed E-state index contributed by atoms with van der Waals surface area (Å²) in [5.41, 5.74) is 2.36. The first-order chi connectivity index (χ1) is 12.3. The fraction of sp³-hybridized carbons (Fsp3) is 0.364. The zero-order valence-corrected chi connectivity index (χ0v) is 14.5. The largest absolute Gasteiger partial charge is 0.303 e. The Morgan fingerprint density at radius 2 is 1.52 bits per heavy atom. The quantitative estimate of drug-likeness (QED) is 0.574. The SMILES string of the molecule is O=CC(Cc1ccccc1)C(=O)C1CCN(Cc2ccccc2)CC1. The van der Waals surface area contributed by atoms with Crippen LogP contribution in [0.15, 0.2) is 60.7 Å². The molecule has 3 nitrogen and oxygen atoms in total. The number of Topliss-reactive ketones (excluding diaryl/α,β-unsaturated/α-hetero) is 1. The molecule has 0 aromatic heterocycles. The molecular weight excluding hydrogens is 310 g/mol. The van der Waals surface area contributed by atoms with Gasteiger partial charge >= 0.3 is 0 Å². The number of benzene rings is 2. The van der Waals surface area contributed by atoms with Crippen LogP contribution in [0.25, 0.3) is 0 Å². The van der Waals surface area contributed by atoms with Gasteiger partial charge in [0.15, 0.2) is 0 Å². The van der Waals surface area contributed by atoms with Gasteiger partial charge in [-0.1, -0.05) is 60.7 Å². The maximum Gasteiger partial charge on any atom is 0.146 e. The third kappa shape index (κ3) is 4.86. The van der Waals surface area contributed by atoms with Crippen LogP contribution in [0.4, 0.5) is 0 Å². The summed E-state index contributed by atoms with van der Waals surface area (Å²) in [5, 5.41) is 0. The molecular formula is C22H25NO2. The Bertz CT molecular complexity index is 676. The van der Waals surface area contributed by atoms with Crippen molar-refractivity contribution in [1.82, 2.24) is 4.90 Å². The number of carbonyl (C=O) groups is 2. The number of rotatable bonds is 7. The van der Waals surface area contributed by atoms with Gasteiger partial charge < -0.3 is 4.79 Å². The van der Waals surface area contributed by atoms with Gasteiger partial charge in [-0.05, 0) is 43.5 Å². The predicted molar refractivity (Wildman–Crippen MR) is 99.2 cm³/mol. The zero-order valence-electron chi connectivity index (χ0n) is 14.5. The molecule has 0 radical (unpaired) electrons. The highest BCUT2D eigenvalue weighted by Gasteiger charge is 2.30. The summed E-state index contributed by atoms with van der Waals surface area (Å²) in [4.78, 5) is 26.6. The predicted octanol–water partition coefficient (Wildman–Crippen LogP) is 3.53. The van der Waals surface area contributed by atoms with E-state index in [0.29, 0.717) is 6.42 Å². The molecule has 0 saturated carbocycles. The Morgan fingerprint density at radius 3 is 2.08 bits per heavy atom. The summed E-state index contributed by atoms with van der Waals surface area (Å²) in [7, 11) is 0.